The summed E-state index contributed by atoms with van der Waals surface area (Å²) >= 11 is 1.09. The first-order valence-electron chi connectivity index (χ1n) is 8.41. The molecule has 1 aliphatic rings. The molecule has 2 aromatic carbocycles. The van der Waals surface area contributed by atoms with Crippen molar-refractivity contribution >= 4 is 52.2 Å². The monoisotopic (exact) mass is 411 g/mol. The van der Waals surface area contributed by atoms with Crippen molar-refractivity contribution in [2.75, 3.05) is 19.0 Å². The van der Waals surface area contributed by atoms with E-state index in [1.807, 2.05) is 43.3 Å². The summed E-state index contributed by atoms with van der Waals surface area (Å²) in [6, 6.07) is 11.2. The highest BCUT2D eigenvalue weighted by Crippen LogP contribution is 2.29. The molecule has 0 unspecified atom stereocenters. The molecule has 1 saturated heterocycles. The highest BCUT2D eigenvalue weighted by atomic mass is 32.2. The van der Waals surface area contributed by atoms with E-state index in [0.29, 0.717) is 4.91 Å². The quantitative estimate of drug-likeness (QED) is 0.647. The predicted octanol–water partition coefficient (Wildman–Crippen LogP) is 3.04. The number of hydrogen-bond acceptors (Lipinski definition) is 6. The lowest BCUT2D eigenvalue weighted by Crippen LogP contribution is -2.19. The molecule has 0 aliphatic carbocycles. The van der Waals surface area contributed by atoms with Crippen molar-refractivity contribution in [1.29, 1.82) is 0 Å². The molecule has 1 fully saturated rings. The van der Waals surface area contributed by atoms with Gasteiger partial charge < -0.3 is 20.4 Å². The molecule has 0 radical (unpaired) electrons. The Kier molecular flexibility index (Phi) is 5.69. The third-order valence-corrected chi connectivity index (χ3v) is 4.91. The summed E-state index contributed by atoms with van der Waals surface area (Å²) in [5.41, 5.74) is 1.60. The minimum atomic E-state index is -1.26. The number of carboxylic acid groups (broad SMARTS) is 2. The van der Waals surface area contributed by atoms with Crippen LogP contribution in [0.25, 0.3) is 6.08 Å². The Balaban J connectivity index is 1.87. The van der Waals surface area contributed by atoms with Crippen LogP contribution in [0.15, 0.2) is 52.4 Å². The highest BCUT2D eigenvalue weighted by molar-refractivity contribution is 8.18. The summed E-state index contributed by atoms with van der Waals surface area (Å²) in [6.45, 7) is 0. The molecule has 3 N–H and O–H groups in total. The maximum Gasteiger partial charge on any atom is 0.335 e. The van der Waals surface area contributed by atoms with Crippen LogP contribution in [0.1, 0.15) is 26.3 Å². The zero-order valence-corrected chi connectivity index (χ0v) is 16.4. The van der Waals surface area contributed by atoms with Gasteiger partial charge in [0.25, 0.3) is 5.91 Å². The summed E-state index contributed by atoms with van der Waals surface area (Å²) < 4.78 is 0. The number of aliphatic imine (C=N–C) groups is 1. The van der Waals surface area contributed by atoms with Crippen molar-refractivity contribution in [2.24, 2.45) is 4.99 Å². The topological polar surface area (TPSA) is 119 Å². The van der Waals surface area contributed by atoms with E-state index >= 15 is 0 Å². The van der Waals surface area contributed by atoms with E-state index in [1.54, 1.807) is 6.08 Å². The summed E-state index contributed by atoms with van der Waals surface area (Å²) in [6.07, 6.45) is 1.72. The van der Waals surface area contributed by atoms with E-state index in [0.717, 1.165) is 29.1 Å². The van der Waals surface area contributed by atoms with Crippen LogP contribution in [-0.2, 0) is 4.79 Å². The first-order chi connectivity index (χ1) is 13.7. The van der Waals surface area contributed by atoms with Gasteiger partial charge in [0.15, 0.2) is 5.17 Å². The van der Waals surface area contributed by atoms with Crippen molar-refractivity contribution in [1.82, 2.24) is 5.32 Å². The smallest absolute Gasteiger partial charge is 0.335 e. The number of carbonyl (C=O) groups is 3. The lowest BCUT2D eigenvalue weighted by Gasteiger charge is -2.11. The van der Waals surface area contributed by atoms with Gasteiger partial charge in [-0.05, 0) is 53.7 Å². The van der Waals surface area contributed by atoms with E-state index < -0.39 is 11.9 Å². The molecule has 1 aliphatic heterocycles. The molecule has 0 bridgehead atoms. The number of anilines is 1. The standard InChI is InChI=1S/C20H17N3O5S/c1-23(2)15-5-3-11(4-6-15)7-16-17(24)22-20(29-16)21-14-9-12(18(25)26)8-13(10-14)19(27)28/h3-10H,1-2H3,(H,25,26)(H,27,28)(H,21,22,24)/b16-7-. The molecular weight excluding hydrogens is 394 g/mol. The van der Waals surface area contributed by atoms with E-state index in [2.05, 4.69) is 10.3 Å². The number of amides is 1. The lowest BCUT2D eigenvalue weighted by atomic mass is 10.1. The van der Waals surface area contributed by atoms with Gasteiger partial charge in [-0.25, -0.2) is 14.6 Å². The van der Waals surface area contributed by atoms with Crippen molar-refractivity contribution in [2.45, 2.75) is 0 Å². The third-order valence-electron chi connectivity index (χ3n) is 4.00. The van der Waals surface area contributed by atoms with Gasteiger partial charge in [-0.1, -0.05) is 12.1 Å². The van der Waals surface area contributed by atoms with E-state index in [9.17, 15) is 14.4 Å². The molecule has 0 saturated carbocycles. The number of nitrogens with zero attached hydrogens (tertiary/aromatic N) is 2. The van der Waals surface area contributed by atoms with Gasteiger partial charge in [0.05, 0.1) is 21.7 Å². The Labute approximate surface area is 170 Å². The normalized spacial score (nSPS) is 16.1. The number of carbonyl (C=O) groups excluding carboxylic acids is 1. The second-order valence-corrected chi connectivity index (χ2v) is 7.38. The summed E-state index contributed by atoms with van der Waals surface area (Å²) in [5.74, 6) is -2.86. The summed E-state index contributed by atoms with van der Waals surface area (Å²) in [4.78, 5) is 41.2. The largest absolute Gasteiger partial charge is 0.478 e. The molecule has 1 heterocycles. The van der Waals surface area contributed by atoms with Crippen LogP contribution in [0.5, 0.6) is 0 Å². The first kappa shape index (κ1) is 20.2. The molecule has 3 rings (SSSR count). The van der Waals surface area contributed by atoms with Gasteiger partial charge in [-0.2, -0.15) is 0 Å². The molecule has 0 aromatic heterocycles. The molecule has 29 heavy (non-hydrogen) atoms. The second-order valence-electron chi connectivity index (χ2n) is 6.35. The fourth-order valence-corrected chi connectivity index (χ4v) is 3.38. The lowest BCUT2D eigenvalue weighted by molar-refractivity contribution is -0.115. The van der Waals surface area contributed by atoms with Crippen molar-refractivity contribution < 1.29 is 24.6 Å². The number of amidine groups is 1. The van der Waals surface area contributed by atoms with Gasteiger partial charge >= 0.3 is 11.9 Å². The molecule has 1 amide bonds. The molecular formula is C20H17N3O5S. The van der Waals surface area contributed by atoms with Crippen LogP contribution in [0.2, 0.25) is 0 Å². The fourth-order valence-electron chi connectivity index (χ4n) is 2.54. The SMILES string of the molecule is CN(C)c1ccc(/C=C2\SC(=Nc3cc(C(=O)O)cc(C(=O)O)c3)NC2=O)cc1. The minimum Gasteiger partial charge on any atom is -0.478 e. The Bertz CT molecular complexity index is 1030. The van der Waals surface area contributed by atoms with Crippen molar-refractivity contribution in [3.05, 3.63) is 64.1 Å². The third kappa shape index (κ3) is 4.82. The van der Waals surface area contributed by atoms with Crippen molar-refractivity contribution in [3.8, 4) is 0 Å². The average Bonchev–Trinajstić information content (AvgIpc) is 3.00. The van der Waals surface area contributed by atoms with Crippen LogP contribution < -0.4 is 10.2 Å². The average molecular weight is 411 g/mol. The van der Waals surface area contributed by atoms with Crippen LogP contribution in [0.3, 0.4) is 0 Å². The van der Waals surface area contributed by atoms with Crippen LogP contribution in [0, 0.1) is 0 Å². The number of nitrogens with one attached hydrogen (secondary N) is 1. The molecule has 8 nitrogen and oxygen atoms in total. The van der Waals surface area contributed by atoms with Crippen molar-refractivity contribution in [3.63, 3.8) is 0 Å². The Hall–Kier alpha value is -3.59. The first-order valence-corrected chi connectivity index (χ1v) is 9.23. The molecule has 148 valence electrons. The minimum absolute atomic E-state index is 0.127. The van der Waals surface area contributed by atoms with Crippen LogP contribution in [0.4, 0.5) is 11.4 Å². The predicted molar refractivity (Wildman–Crippen MR) is 112 cm³/mol. The molecule has 2 aromatic rings. The van der Waals surface area contributed by atoms with E-state index in [-0.39, 0.29) is 27.9 Å². The number of thioether (sulfide) groups is 1. The zero-order chi connectivity index (χ0) is 21.1. The van der Waals surface area contributed by atoms with E-state index in [1.165, 1.54) is 12.1 Å². The maximum absolute atomic E-state index is 12.2. The molecule has 0 spiro atoms. The van der Waals surface area contributed by atoms with Gasteiger partial charge in [0.2, 0.25) is 0 Å². The van der Waals surface area contributed by atoms with Gasteiger partial charge in [0.1, 0.15) is 0 Å². The number of benzene rings is 2. The maximum atomic E-state index is 12.2. The Morgan fingerprint density at radius 2 is 1.62 bits per heavy atom. The summed E-state index contributed by atoms with van der Waals surface area (Å²) in [7, 11) is 3.87. The Morgan fingerprint density at radius 1 is 1.03 bits per heavy atom. The van der Waals surface area contributed by atoms with Gasteiger partial charge in [-0.15, -0.1) is 0 Å². The Morgan fingerprint density at radius 3 is 2.14 bits per heavy atom. The number of carboxylic acids is 2. The number of hydrogen-bond donors (Lipinski definition) is 3. The summed E-state index contributed by atoms with van der Waals surface area (Å²) in [5, 5.41) is 21.1. The van der Waals surface area contributed by atoms with E-state index in [4.69, 9.17) is 10.2 Å². The highest BCUT2D eigenvalue weighted by Gasteiger charge is 2.24. The second kappa shape index (κ2) is 8.19. The van der Waals surface area contributed by atoms with Gasteiger partial charge in [-0.3, -0.25) is 4.79 Å². The number of rotatable bonds is 5. The number of aromatic carboxylic acids is 2. The van der Waals surface area contributed by atoms with Crippen LogP contribution in [-0.4, -0.2) is 47.3 Å². The zero-order valence-electron chi connectivity index (χ0n) is 15.5. The fraction of sp³-hybridized carbons (Fsp3) is 0.100. The molecule has 9 heteroatoms. The molecule has 0 atom stereocenters. The van der Waals surface area contributed by atoms with Gasteiger partial charge in [0, 0.05) is 19.8 Å². The van der Waals surface area contributed by atoms with Crippen LogP contribution >= 0.6 is 11.8 Å².